The van der Waals surface area contributed by atoms with Gasteiger partial charge in [0.05, 0.1) is 0 Å². The second-order valence-electron chi connectivity index (χ2n) is 13.0. The molecule has 10 rings (SSSR count). The molecule has 0 atom stereocenters. The van der Waals surface area contributed by atoms with Crippen LogP contribution in [-0.2, 0) is 5.41 Å². The van der Waals surface area contributed by atoms with Crippen LogP contribution in [0.4, 0.5) is 17.1 Å². The third-order valence-corrected chi connectivity index (χ3v) is 11.1. The maximum Gasteiger partial charge on any atom is 0.144 e. The molecule has 0 bridgehead atoms. The van der Waals surface area contributed by atoms with Gasteiger partial charge in [-0.05, 0) is 93.7 Å². The monoisotopic (exact) mass is 607 g/mol. The Kier molecular flexibility index (Phi) is 5.25. The summed E-state index contributed by atoms with van der Waals surface area (Å²) >= 11 is 1.84. The second-order valence-corrected chi connectivity index (χ2v) is 14.1. The Balaban J connectivity index is 1.17. The van der Waals surface area contributed by atoms with Crippen LogP contribution in [0.25, 0.3) is 64.0 Å². The molecule has 46 heavy (non-hydrogen) atoms. The van der Waals surface area contributed by atoms with E-state index < -0.39 is 0 Å². The summed E-state index contributed by atoms with van der Waals surface area (Å²) in [5, 5.41) is 7.21. The first kappa shape index (κ1) is 25.9. The number of para-hydroxylation sites is 1. The molecule has 2 heterocycles. The molecule has 0 unspecified atom stereocenters. The van der Waals surface area contributed by atoms with E-state index in [1.807, 2.05) is 11.3 Å². The Hall–Kier alpha value is -5.38. The molecule has 0 spiro atoms. The highest BCUT2D eigenvalue weighted by Gasteiger charge is 2.35. The zero-order chi connectivity index (χ0) is 30.6. The standard InChI is InChI=1S/C43H29NOS/c1-43(2)36-15-9-8-14-31(36)34-24-29(17-20-37(34)43)44(28-12-4-3-5-13-28)30-16-18-33-40(25-30)46-39-21-19-32-35-22-26-10-6-7-11-27(26)23-38(35)45-42(32)41(33)39/h3-25H,1-2H3. The summed E-state index contributed by atoms with van der Waals surface area (Å²) in [5.74, 6) is 0. The van der Waals surface area contributed by atoms with Crippen molar-refractivity contribution >= 4 is 81.3 Å². The third-order valence-electron chi connectivity index (χ3n) is 10.0. The van der Waals surface area contributed by atoms with Crippen LogP contribution in [-0.4, -0.2) is 0 Å². The average Bonchev–Trinajstić information content (AvgIpc) is 3.71. The van der Waals surface area contributed by atoms with Crippen molar-refractivity contribution < 1.29 is 4.42 Å². The number of thiophene rings is 1. The van der Waals surface area contributed by atoms with Crippen molar-refractivity contribution in [2.45, 2.75) is 19.3 Å². The van der Waals surface area contributed by atoms with Crippen molar-refractivity contribution in [1.82, 2.24) is 0 Å². The van der Waals surface area contributed by atoms with E-state index in [4.69, 9.17) is 4.42 Å². The first-order chi connectivity index (χ1) is 22.5. The highest BCUT2D eigenvalue weighted by molar-refractivity contribution is 7.26. The van der Waals surface area contributed by atoms with E-state index >= 15 is 0 Å². The molecule has 2 nitrogen and oxygen atoms in total. The molecule has 218 valence electrons. The molecule has 0 saturated carbocycles. The van der Waals surface area contributed by atoms with Crippen LogP contribution in [0.3, 0.4) is 0 Å². The van der Waals surface area contributed by atoms with Crippen molar-refractivity contribution in [3.8, 4) is 11.1 Å². The largest absolute Gasteiger partial charge is 0.455 e. The lowest BCUT2D eigenvalue weighted by molar-refractivity contribution is 0.660. The molecule has 0 amide bonds. The summed E-state index contributed by atoms with van der Waals surface area (Å²) in [4.78, 5) is 2.39. The molecule has 0 radical (unpaired) electrons. The van der Waals surface area contributed by atoms with E-state index in [1.54, 1.807) is 0 Å². The quantitative estimate of drug-likeness (QED) is 0.199. The average molecular weight is 608 g/mol. The van der Waals surface area contributed by atoms with E-state index in [1.165, 1.54) is 64.0 Å². The number of nitrogens with zero attached hydrogens (tertiary/aromatic N) is 1. The Bertz CT molecular complexity index is 2680. The molecule has 9 aromatic rings. The summed E-state index contributed by atoms with van der Waals surface area (Å²) in [6.07, 6.45) is 0. The van der Waals surface area contributed by atoms with Crippen molar-refractivity contribution in [3.63, 3.8) is 0 Å². The lowest BCUT2D eigenvalue weighted by Gasteiger charge is -2.27. The summed E-state index contributed by atoms with van der Waals surface area (Å²) in [5.41, 5.74) is 10.8. The molecule has 0 N–H and O–H groups in total. The number of furan rings is 1. The molecule has 1 aliphatic rings. The van der Waals surface area contributed by atoms with Crippen LogP contribution < -0.4 is 4.90 Å². The van der Waals surface area contributed by atoms with Crippen LogP contribution in [0, 0.1) is 0 Å². The van der Waals surface area contributed by atoms with Gasteiger partial charge in [0, 0.05) is 53.4 Å². The van der Waals surface area contributed by atoms with Crippen molar-refractivity contribution in [1.29, 1.82) is 0 Å². The van der Waals surface area contributed by atoms with Gasteiger partial charge in [0.2, 0.25) is 0 Å². The third kappa shape index (κ3) is 3.58. The number of hydrogen-bond acceptors (Lipinski definition) is 3. The van der Waals surface area contributed by atoms with Crippen molar-refractivity contribution in [3.05, 3.63) is 151 Å². The van der Waals surface area contributed by atoms with Crippen molar-refractivity contribution in [2.75, 3.05) is 4.90 Å². The number of hydrogen-bond donors (Lipinski definition) is 0. The topological polar surface area (TPSA) is 16.4 Å². The second kappa shape index (κ2) is 9.32. The smallest absolute Gasteiger partial charge is 0.144 e. The first-order valence-corrected chi connectivity index (χ1v) is 16.7. The molecule has 3 heteroatoms. The van der Waals surface area contributed by atoms with Crippen LogP contribution in [0.5, 0.6) is 0 Å². The molecule has 7 aromatic carbocycles. The lowest BCUT2D eigenvalue weighted by Crippen LogP contribution is -2.15. The summed E-state index contributed by atoms with van der Waals surface area (Å²) < 4.78 is 9.13. The Labute approximate surface area is 270 Å². The van der Waals surface area contributed by atoms with Gasteiger partial charge < -0.3 is 9.32 Å². The highest BCUT2D eigenvalue weighted by Crippen LogP contribution is 2.51. The van der Waals surface area contributed by atoms with Crippen LogP contribution in [0.1, 0.15) is 25.0 Å². The van der Waals surface area contributed by atoms with Gasteiger partial charge in [-0.2, -0.15) is 0 Å². The number of fused-ring (bicyclic) bond motifs is 11. The minimum absolute atomic E-state index is 0.0211. The van der Waals surface area contributed by atoms with Crippen LogP contribution >= 0.6 is 11.3 Å². The maximum atomic E-state index is 6.64. The first-order valence-electron chi connectivity index (χ1n) is 15.8. The summed E-state index contributed by atoms with van der Waals surface area (Å²) in [6, 6.07) is 50.9. The normalized spacial score (nSPS) is 13.6. The van der Waals surface area contributed by atoms with E-state index in [0.717, 1.165) is 28.2 Å². The number of rotatable bonds is 3. The summed E-state index contributed by atoms with van der Waals surface area (Å²) in [6.45, 7) is 4.67. The van der Waals surface area contributed by atoms with Gasteiger partial charge in [-0.1, -0.05) is 92.7 Å². The summed E-state index contributed by atoms with van der Waals surface area (Å²) in [7, 11) is 0. The van der Waals surface area contributed by atoms with E-state index in [9.17, 15) is 0 Å². The van der Waals surface area contributed by atoms with E-state index in [2.05, 4.69) is 158 Å². The van der Waals surface area contributed by atoms with Gasteiger partial charge in [0.1, 0.15) is 11.2 Å². The minimum Gasteiger partial charge on any atom is -0.455 e. The SMILES string of the molecule is CC1(C)c2ccccc2-c2cc(N(c3ccccc3)c3ccc4c(c3)sc3ccc5c6cc7ccccc7cc6oc5c34)ccc21. The minimum atomic E-state index is -0.0211. The van der Waals surface area contributed by atoms with Gasteiger partial charge in [0.25, 0.3) is 0 Å². The fourth-order valence-corrected chi connectivity index (χ4v) is 8.92. The number of benzene rings is 7. The lowest BCUT2D eigenvalue weighted by atomic mass is 9.82. The Morgan fingerprint density at radius 2 is 1.22 bits per heavy atom. The van der Waals surface area contributed by atoms with E-state index in [0.29, 0.717) is 0 Å². The Morgan fingerprint density at radius 3 is 2.09 bits per heavy atom. The molecular weight excluding hydrogens is 579 g/mol. The predicted molar refractivity (Wildman–Crippen MR) is 196 cm³/mol. The van der Waals surface area contributed by atoms with Gasteiger partial charge >= 0.3 is 0 Å². The molecule has 1 aliphatic carbocycles. The van der Waals surface area contributed by atoms with Gasteiger partial charge in [0.15, 0.2) is 0 Å². The maximum absolute atomic E-state index is 6.64. The fraction of sp³-hybridized carbons (Fsp3) is 0.0698. The van der Waals surface area contributed by atoms with Crippen LogP contribution in [0.15, 0.2) is 144 Å². The Morgan fingerprint density at radius 1 is 0.522 bits per heavy atom. The zero-order valence-corrected chi connectivity index (χ0v) is 26.4. The zero-order valence-electron chi connectivity index (χ0n) is 25.5. The molecule has 0 aliphatic heterocycles. The van der Waals surface area contributed by atoms with Crippen molar-refractivity contribution in [2.24, 2.45) is 0 Å². The van der Waals surface area contributed by atoms with Crippen LogP contribution in [0.2, 0.25) is 0 Å². The van der Waals surface area contributed by atoms with Gasteiger partial charge in [-0.25, -0.2) is 0 Å². The highest BCUT2D eigenvalue weighted by atomic mass is 32.1. The molecule has 0 saturated heterocycles. The predicted octanol–water partition coefficient (Wildman–Crippen LogP) is 12.9. The number of anilines is 3. The van der Waals surface area contributed by atoms with E-state index in [-0.39, 0.29) is 5.41 Å². The molecule has 0 fully saturated rings. The fourth-order valence-electron chi connectivity index (χ4n) is 7.78. The van der Waals surface area contributed by atoms with Gasteiger partial charge in [-0.15, -0.1) is 11.3 Å². The van der Waals surface area contributed by atoms with Gasteiger partial charge in [-0.3, -0.25) is 0 Å². The molecule has 2 aromatic heterocycles. The molecular formula is C43H29NOS.